The molecule has 162 valence electrons. The molecule has 0 radical (unpaired) electrons. The van der Waals surface area contributed by atoms with Gasteiger partial charge < -0.3 is 20.3 Å². The molecule has 1 aliphatic carbocycles. The van der Waals surface area contributed by atoms with Gasteiger partial charge in [0.25, 0.3) is 0 Å². The van der Waals surface area contributed by atoms with Crippen molar-refractivity contribution in [1.82, 2.24) is 9.97 Å². The van der Waals surface area contributed by atoms with E-state index in [9.17, 15) is 4.79 Å². The molecule has 1 amide bonds. The van der Waals surface area contributed by atoms with Gasteiger partial charge in [0.05, 0.1) is 12.2 Å². The van der Waals surface area contributed by atoms with Crippen molar-refractivity contribution < 1.29 is 9.53 Å². The molecule has 3 rings (SSSR count). The minimum absolute atomic E-state index is 0.0201. The van der Waals surface area contributed by atoms with E-state index in [0.29, 0.717) is 6.73 Å². The van der Waals surface area contributed by atoms with Gasteiger partial charge in [0.15, 0.2) is 0 Å². The van der Waals surface area contributed by atoms with Gasteiger partial charge in [-0.3, -0.25) is 4.79 Å². The standard InChI is InChI=1S/C21H35N5O2S/c1-6-16-19(25(2)15-28-11-12-29(3,4)5)23-14-24-20(16)26-10-7-17(18(22)27)21(13-26)8-9-21/h6,14,17H,1,7-13,15H2,2-5H3,(H2,22,27)/t17-/m1/s1. The number of carbonyl (C=O) groups is 1. The van der Waals surface area contributed by atoms with Gasteiger partial charge in [-0.2, -0.15) is 0 Å². The minimum Gasteiger partial charge on any atom is -0.369 e. The Morgan fingerprint density at radius 3 is 2.76 bits per heavy atom. The summed E-state index contributed by atoms with van der Waals surface area (Å²) in [5, 5.41) is 0. The molecule has 2 aliphatic rings. The fraction of sp³-hybridized carbons (Fsp3) is 0.667. The Labute approximate surface area is 176 Å². The number of nitrogens with two attached hydrogens (primary N) is 1. The first-order valence-electron chi connectivity index (χ1n) is 10.1. The lowest BCUT2D eigenvalue weighted by Crippen LogP contribution is -2.47. The van der Waals surface area contributed by atoms with Crippen molar-refractivity contribution in [2.45, 2.75) is 19.3 Å². The van der Waals surface area contributed by atoms with Crippen molar-refractivity contribution in [2.75, 3.05) is 67.8 Å². The Morgan fingerprint density at radius 2 is 2.17 bits per heavy atom. The highest BCUT2D eigenvalue weighted by Crippen LogP contribution is 2.56. The first-order valence-corrected chi connectivity index (χ1v) is 13.2. The highest BCUT2D eigenvalue weighted by molar-refractivity contribution is 8.32. The monoisotopic (exact) mass is 421 g/mol. The van der Waals surface area contributed by atoms with Gasteiger partial charge in [-0.15, -0.1) is 0 Å². The van der Waals surface area contributed by atoms with Crippen molar-refractivity contribution in [3.63, 3.8) is 0 Å². The van der Waals surface area contributed by atoms with Crippen molar-refractivity contribution in [3.8, 4) is 0 Å². The van der Waals surface area contributed by atoms with Crippen LogP contribution in [-0.2, 0) is 9.53 Å². The molecule has 2 heterocycles. The number of piperidine rings is 1. The summed E-state index contributed by atoms with van der Waals surface area (Å²) in [6.45, 7) is 6.80. The third-order valence-electron chi connectivity index (χ3n) is 6.00. The summed E-state index contributed by atoms with van der Waals surface area (Å²) in [5.41, 5.74) is 6.59. The quantitative estimate of drug-likeness (QED) is 0.487. The maximum atomic E-state index is 11.8. The molecular weight excluding hydrogens is 386 g/mol. The molecular formula is C21H35N5O2S. The molecule has 1 spiro atoms. The van der Waals surface area contributed by atoms with Crippen LogP contribution in [0.2, 0.25) is 0 Å². The number of amides is 1. The van der Waals surface area contributed by atoms with Crippen LogP contribution in [0.4, 0.5) is 11.6 Å². The second-order valence-corrected chi connectivity index (χ2v) is 13.8. The number of primary amides is 1. The molecule has 7 nitrogen and oxygen atoms in total. The summed E-state index contributed by atoms with van der Waals surface area (Å²) >= 11 is 0. The van der Waals surface area contributed by atoms with Crippen LogP contribution in [0.1, 0.15) is 24.8 Å². The number of ether oxygens (including phenoxy) is 1. The molecule has 8 heteroatoms. The third-order valence-corrected chi connectivity index (χ3v) is 7.39. The summed E-state index contributed by atoms with van der Waals surface area (Å²) in [6, 6.07) is 0. The summed E-state index contributed by atoms with van der Waals surface area (Å²) in [4.78, 5) is 25.2. The number of anilines is 2. The minimum atomic E-state index is -0.562. The topological polar surface area (TPSA) is 84.6 Å². The van der Waals surface area contributed by atoms with E-state index < -0.39 is 10.0 Å². The Kier molecular flexibility index (Phi) is 6.43. The van der Waals surface area contributed by atoms with Crippen molar-refractivity contribution in [2.24, 2.45) is 17.1 Å². The predicted octanol–water partition coefficient (Wildman–Crippen LogP) is 2.32. The average Bonchev–Trinajstić information content (AvgIpc) is 3.42. The van der Waals surface area contributed by atoms with E-state index in [1.165, 1.54) is 0 Å². The Bertz CT molecular complexity index is 760. The van der Waals surface area contributed by atoms with Crippen molar-refractivity contribution in [1.29, 1.82) is 0 Å². The smallest absolute Gasteiger partial charge is 0.221 e. The number of rotatable bonds is 9. The zero-order valence-electron chi connectivity index (χ0n) is 18.2. The van der Waals surface area contributed by atoms with E-state index in [1.54, 1.807) is 6.33 Å². The van der Waals surface area contributed by atoms with Crippen molar-refractivity contribution in [3.05, 3.63) is 18.5 Å². The third kappa shape index (κ3) is 5.04. The predicted molar refractivity (Wildman–Crippen MR) is 123 cm³/mol. The fourth-order valence-electron chi connectivity index (χ4n) is 4.14. The zero-order chi connectivity index (χ0) is 21.2. The molecule has 0 bridgehead atoms. The largest absolute Gasteiger partial charge is 0.369 e. The van der Waals surface area contributed by atoms with Crippen LogP contribution in [0.3, 0.4) is 0 Å². The molecule has 1 atom stereocenters. The van der Waals surface area contributed by atoms with E-state index in [4.69, 9.17) is 10.5 Å². The lowest BCUT2D eigenvalue weighted by Gasteiger charge is -2.39. The lowest BCUT2D eigenvalue weighted by atomic mass is 9.82. The molecule has 29 heavy (non-hydrogen) atoms. The van der Waals surface area contributed by atoms with E-state index >= 15 is 0 Å². The van der Waals surface area contributed by atoms with E-state index in [-0.39, 0.29) is 17.2 Å². The first kappa shape index (κ1) is 21.9. The summed E-state index contributed by atoms with van der Waals surface area (Å²) in [6.07, 6.45) is 13.2. The molecule has 2 fully saturated rings. The molecule has 1 aromatic heterocycles. The number of aromatic nitrogens is 2. The summed E-state index contributed by atoms with van der Waals surface area (Å²) in [7, 11) is 1.42. The molecule has 2 N–H and O–H groups in total. The van der Waals surface area contributed by atoms with Crippen LogP contribution >= 0.6 is 10.0 Å². The first-order chi connectivity index (χ1) is 13.7. The highest BCUT2D eigenvalue weighted by atomic mass is 32.3. The van der Waals surface area contributed by atoms with E-state index in [0.717, 1.165) is 61.9 Å². The van der Waals surface area contributed by atoms with E-state index in [2.05, 4.69) is 40.2 Å². The van der Waals surface area contributed by atoms with Gasteiger partial charge in [0, 0.05) is 31.8 Å². The van der Waals surface area contributed by atoms with Crippen LogP contribution in [0.25, 0.3) is 6.08 Å². The Hall–Kier alpha value is -1.80. The van der Waals surface area contributed by atoms with Crippen LogP contribution < -0.4 is 15.5 Å². The van der Waals surface area contributed by atoms with Gasteiger partial charge in [0.1, 0.15) is 24.7 Å². The Balaban J connectivity index is 1.71. The fourth-order valence-corrected chi connectivity index (χ4v) is 4.76. The lowest BCUT2D eigenvalue weighted by molar-refractivity contribution is -0.124. The Morgan fingerprint density at radius 1 is 1.45 bits per heavy atom. The van der Waals surface area contributed by atoms with Crippen LogP contribution in [0.15, 0.2) is 12.9 Å². The van der Waals surface area contributed by atoms with Crippen LogP contribution in [-0.4, -0.2) is 73.9 Å². The maximum absolute atomic E-state index is 11.8. The molecule has 1 aliphatic heterocycles. The SMILES string of the molecule is C=Cc1c(N(C)COCCS(C)(C)C)ncnc1N1CC[C@H](C(N)=O)C2(CC2)C1. The van der Waals surface area contributed by atoms with Gasteiger partial charge in [-0.25, -0.2) is 20.0 Å². The van der Waals surface area contributed by atoms with Gasteiger partial charge in [-0.1, -0.05) is 12.7 Å². The number of nitrogens with zero attached hydrogens (tertiary/aromatic N) is 4. The maximum Gasteiger partial charge on any atom is 0.221 e. The van der Waals surface area contributed by atoms with E-state index in [1.807, 2.05) is 18.0 Å². The van der Waals surface area contributed by atoms with Gasteiger partial charge in [0.2, 0.25) is 5.91 Å². The summed E-state index contributed by atoms with van der Waals surface area (Å²) in [5.74, 6) is 2.60. The molecule has 0 unspecified atom stereocenters. The summed E-state index contributed by atoms with van der Waals surface area (Å²) < 4.78 is 5.88. The van der Waals surface area contributed by atoms with Gasteiger partial charge in [-0.05, 0) is 43.4 Å². The number of carbonyl (C=O) groups excluding carboxylic acids is 1. The molecule has 1 aromatic rings. The molecule has 1 saturated heterocycles. The zero-order valence-corrected chi connectivity index (χ0v) is 19.0. The average molecular weight is 422 g/mol. The molecule has 0 aromatic carbocycles. The highest BCUT2D eigenvalue weighted by Gasteiger charge is 2.54. The number of hydrogen-bond donors (Lipinski definition) is 1. The van der Waals surface area contributed by atoms with Crippen LogP contribution in [0, 0.1) is 11.3 Å². The number of hydrogen-bond acceptors (Lipinski definition) is 6. The van der Waals surface area contributed by atoms with Gasteiger partial charge >= 0.3 is 0 Å². The van der Waals surface area contributed by atoms with Crippen molar-refractivity contribution >= 4 is 33.6 Å². The normalized spacial score (nSPS) is 21.1. The molecule has 1 saturated carbocycles. The second-order valence-electron chi connectivity index (χ2n) is 9.20. The van der Waals surface area contributed by atoms with Crippen LogP contribution in [0.5, 0.6) is 0 Å². The second kappa shape index (κ2) is 8.52.